The molecule has 0 radical (unpaired) electrons. The normalized spacial score (nSPS) is 17.5. The van der Waals surface area contributed by atoms with Gasteiger partial charge in [-0.2, -0.15) is 0 Å². The third-order valence-electron chi connectivity index (χ3n) is 2.83. The van der Waals surface area contributed by atoms with Crippen LogP contribution in [0.1, 0.15) is 23.0 Å². The average Bonchev–Trinajstić information content (AvgIpc) is 2.27. The van der Waals surface area contributed by atoms with Gasteiger partial charge >= 0.3 is 5.97 Å². The van der Waals surface area contributed by atoms with Crippen LogP contribution in [0.4, 0.5) is 0 Å². The number of carboxylic acids is 1. The molecule has 1 fully saturated rings. The van der Waals surface area contributed by atoms with Crippen molar-refractivity contribution < 1.29 is 14.6 Å². The van der Waals surface area contributed by atoms with Gasteiger partial charge in [0.2, 0.25) is 0 Å². The minimum Gasteiger partial charge on any atom is -0.478 e. The van der Waals surface area contributed by atoms with E-state index in [9.17, 15) is 4.79 Å². The molecule has 0 spiro atoms. The van der Waals surface area contributed by atoms with Crippen LogP contribution >= 0.6 is 0 Å². The molecule has 0 aliphatic carbocycles. The Bertz CT molecular complexity index is 399. The highest BCUT2D eigenvalue weighted by Crippen LogP contribution is 2.25. The largest absolute Gasteiger partial charge is 0.478 e. The molecular weight excluding hydrogens is 220 g/mol. The third-order valence-corrected chi connectivity index (χ3v) is 2.83. The van der Waals surface area contributed by atoms with E-state index in [1.54, 1.807) is 12.1 Å². The third kappa shape index (κ3) is 3.01. The molecule has 1 saturated heterocycles. The Morgan fingerprint density at radius 3 is 2.82 bits per heavy atom. The van der Waals surface area contributed by atoms with E-state index < -0.39 is 5.97 Å². The summed E-state index contributed by atoms with van der Waals surface area (Å²) in [5.41, 5.74) is 1.30. The summed E-state index contributed by atoms with van der Waals surface area (Å²) < 4.78 is 5.16. The zero-order valence-electron chi connectivity index (χ0n) is 9.77. The molecule has 2 heterocycles. The molecule has 1 aromatic heterocycles. The highest BCUT2D eigenvalue weighted by molar-refractivity contribution is 5.87. The van der Waals surface area contributed by atoms with Gasteiger partial charge in [-0.05, 0) is 12.1 Å². The van der Waals surface area contributed by atoms with Crippen LogP contribution in [0.25, 0.3) is 0 Å². The van der Waals surface area contributed by atoms with Crippen molar-refractivity contribution in [2.75, 3.05) is 19.8 Å². The molecule has 92 valence electrons. The summed E-state index contributed by atoms with van der Waals surface area (Å²) in [6, 6.07) is 3.30. The molecule has 17 heavy (non-hydrogen) atoms. The van der Waals surface area contributed by atoms with E-state index in [1.807, 2.05) is 0 Å². The fourth-order valence-corrected chi connectivity index (χ4v) is 1.70. The van der Waals surface area contributed by atoms with Gasteiger partial charge in [-0.15, -0.1) is 0 Å². The highest BCUT2D eigenvalue weighted by atomic mass is 16.5. The lowest BCUT2D eigenvalue weighted by Gasteiger charge is -2.38. The molecule has 0 unspecified atom stereocenters. The summed E-state index contributed by atoms with van der Waals surface area (Å²) in [6.07, 6.45) is 1.38. The summed E-state index contributed by atoms with van der Waals surface area (Å²) in [7, 11) is 0. The number of carbonyl (C=O) groups is 1. The van der Waals surface area contributed by atoms with Gasteiger partial charge in [0.25, 0.3) is 0 Å². The van der Waals surface area contributed by atoms with Crippen LogP contribution in [0, 0.1) is 5.41 Å². The predicted octanol–water partition coefficient (Wildman–Crippen LogP) is 0.906. The van der Waals surface area contributed by atoms with Crippen molar-refractivity contribution in [3.8, 4) is 0 Å². The van der Waals surface area contributed by atoms with E-state index in [1.165, 1.54) is 6.20 Å². The number of pyridine rings is 1. The van der Waals surface area contributed by atoms with E-state index in [2.05, 4.69) is 17.2 Å². The fourth-order valence-electron chi connectivity index (χ4n) is 1.70. The second kappa shape index (κ2) is 4.81. The molecule has 1 aliphatic rings. The van der Waals surface area contributed by atoms with Crippen LogP contribution in [0.3, 0.4) is 0 Å². The maximum absolute atomic E-state index is 10.6. The quantitative estimate of drug-likeness (QED) is 0.795. The summed E-state index contributed by atoms with van der Waals surface area (Å²) >= 11 is 0. The molecule has 5 nitrogen and oxygen atoms in total. The Kier molecular flexibility index (Phi) is 3.40. The number of aromatic carboxylic acids is 1. The molecule has 2 N–H and O–H groups in total. The number of aromatic nitrogens is 1. The Morgan fingerprint density at radius 2 is 2.35 bits per heavy atom. The standard InChI is InChI=1S/C12H16N2O3/c1-12(7-17-8-12)6-13-5-10-3-2-9(4-14-10)11(15)16/h2-4,13H,5-8H2,1H3,(H,15,16). The monoisotopic (exact) mass is 236 g/mol. The van der Waals surface area contributed by atoms with Crippen LogP contribution < -0.4 is 5.32 Å². The van der Waals surface area contributed by atoms with Gasteiger partial charge in [0.1, 0.15) is 0 Å². The molecule has 0 atom stereocenters. The van der Waals surface area contributed by atoms with E-state index in [0.29, 0.717) is 6.54 Å². The summed E-state index contributed by atoms with van der Waals surface area (Å²) in [6.45, 7) is 5.30. The average molecular weight is 236 g/mol. The van der Waals surface area contributed by atoms with Crippen molar-refractivity contribution in [3.05, 3.63) is 29.6 Å². The first kappa shape index (κ1) is 12.0. The van der Waals surface area contributed by atoms with Crippen LogP contribution in [0.15, 0.2) is 18.3 Å². The maximum Gasteiger partial charge on any atom is 0.337 e. The first-order valence-electron chi connectivity index (χ1n) is 5.56. The molecule has 1 aliphatic heterocycles. The molecule has 2 rings (SSSR count). The lowest BCUT2D eigenvalue weighted by molar-refractivity contribution is -0.0991. The molecule has 1 aromatic rings. The maximum atomic E-state index is 10.6. The Balaban J connectivity index is 1.80. The Hall–Kier alpha value is -1.46. The van der Waals surface area contributed by atoms with Gasteiger partial charge in [-0.25, -0.2) is 4.79 Å². The molecule has 0 amide bonds. The first-order chi connectivity index (χ1) is 8.09. The summed E-state index contributed by atoms with van der Waals surface area (Å²) in [5.74, 6) is -0.948. The number of carboxylic acid groups (broad SMARTS) is 1. The highest BCUT2D eigenvalue weighted by Gasteiger charge is 2.32. The Morgan fingerprint density at radius 1 is 1.59 bits per heavy atom. The van der Waals surface area contributed by atoms with Gasteiger partial charge in [0, 0.05) is 24.7 Å². The van der Waals surface area contributed by atoms with E-state index in [4.69, 9.17) is 9.84 Å². The van der Waals surface area contributed by atoms with Crippen molar-refractivity contribution in [3.63, 3.8) is 0 Å². The van der Waals surface area contributed by atoms with Crippen molar-refractivity contribution in [1.29, 1.82) is 0 Å². The topological polar surface area (TPSA) is 71.5 Å². The number of rotatable bonds is 5. The Labute approximate surface area is 99.8 Å². The second-order valence-electron chi connectivity index (χ2n) is 4.75. The van der Waals surface area contributed by atoms with Crippen LogP contribution in [0.2, 0.25) is 0 Å². The van der Waals surface area contributed by atoms with Gasteiger partial charge in [0.15, 0.2) is 0 Å². The lowest BCUT2D eigenvalue weighted by atomic mass is 9.89. The lowest BCUT2D eigenvalue weighted by Crippen LogP contribution is -2.47. The zero-order chi connectivity index (χ0) is 12.3. The van der Waals surface area contributed by atoms with Gasteiger partial charge in [-0.3, -0.25) is 4.98 Å². The zero-order valence-corrected chi connectivity index (χ0v) is 9.77. The van der Waals surface area contributed by atoms with Crippen LogP contribution in [-0.4, -0.2) is 35.8 Å². The number of nitrogens with one attached hydrogen (secondary N) is 1. The molecule has 0 aromatic carbocycles. The molecular formula is C12H16N2O3. The minimum atomic E-state index is -0.948. The number of nitrogens with zero attached hydrogens (tertiary/aromatic N) is 1. The van der Waals surface area contributed by atoms with Gasteiger partial charge in [0.05, 0.1) is 24.5 Å². The number of ether oxygens (including phenoxy) is 1. The van der Waals surface area contributed by atoms with Crippen molar-refractivity contribution in [2.24, 2.45) is 5.41 Å². The molecule has 0 saturated carbocycles. The smallest absolute Gasteiger partial charge is 0.337 e. The van der Waals surface area contributed by atoms with Gasteiger partial charge in [-0.1, -0.05) is 6.92 Å². The first-order valence-corrected chi connectivity index (χ1v) is 5.56. The van der Waals surface area contributed by atoms with Crippen LogP contribution in [-0.2, 0) is 11.3 Å². The SMILES string of the molecule is CC1(CNCc2ccc(C(=O)O)cn2)COC1. The predicted molar refractivity (Wildman–Crippen MR) is 61.8 cm³/mol. The van der Waals surface area contributed by atoms with Crippen molar-refractivity contribution in [1.82, 2.24) is 10.3 Å². The summed E-state index contributed by atoms with van der Waals surface area (Å²) in [5, 5.41) is 12.0. The minimum absolute atomic E-state index is 0.216. The van der Waals surface area contributed by atoms with E-state index in [-0.39, 0.29) is 11.0 Å². The number of hydrogen-bond donors (Lipinski definition) is 2. The van der Waals surface area contributed by atoms with E-state index >= 15 is 0 Å². The second-order valence-corrected chi connectivity index (χ2v) is 4.75. The van der Waals surface area contributed by atoms with Crippen molar-refractivity contribution in [2.45, 2.75) is 13.5 Å². The van der Waals surface area contributed by atoms with Crippen LogP contribution in [0.5, 0.6) is 0 Å². The van der Waals surface area contributed by atoms with Crippen molar-refractivity contribution >= 4 is 5.97 Å². The molecule has 0 bridgehead atoms. The van der Waals surface area contributed by atoms with E-state index in [0.717, 1.165) is 25.5 Å². The summed E-state index contributed by atoms with van der Waals surface area (Å²) in [4.78, 5) is 14.7. The molecule has 5 heteroatoms. The van der Waals surface area contributed by atoms with Gasteiger partial charge < -0.3 is 15.2 Å². The number of hydrogen-bond acceptors (Lipinski definition) is 4. The fraction of sp³-hybridized carbons (Fsp3) is 0.500.